The van der Waals surface area contributed by atoms with Gasteiger partial charge in [-0.05, 0) is 43.3 Å². The Labute approximate surface area is 153 Å². The van der Waals surface area contributed by atoms with Crippen LogP contribution in [0.25, 0.3) is 0 Å². The van der Waals surface area contributed by atoms with Crippen molar-refractivity contribution in [1.29, 1.82) is 5.26 Å². The van der Waals surface area contributed by atoms with Crippen LogP contribution < -0.4 is 10.6 Å². The van der Waals surface area contributed by atoms with E-state index in [9.17, 15) is 13.2 Å². The zero-order valence-electron chi connectivity index (χ0n) is 14.2. The molecule has 2 aromatic carbocycles. The van der Waals surface area contributed by atoms with Crippen LogP contribution in [0.4, 0.5) is 36.3 Å². The van der Waals surface area contributed by atoms with Crippen molar-refractivity contribution in [2.45, 2.75) is 13.1 Å². The van der Waals surface area contributed by atoms with E-state index in [2.05, 4.69) is 26.7 Å². The molecule has 0 unspecified atom stereocenters. The number of hydrogen-bond acceptors (Lipinski definition) is 5. The van der Waals surface area contributed by atoms with Gasteiger partial charge in [0.2, 0.25) is 5.95 Å². The van der Waals surface area contributed by atoms with Gasteiger partial charge in [-0.15, -0.1) is 0 Å². The minimum Gasteiger partial charge on any atom is -0.339 e. The van der Waals surface area contributed by atoms with Crippen molar-refractivity contribution in [3.8, 4) is 6.07 Å². The molecule has 0 amide bonds. The second kappa shape index (κ2) is 7.33. The number of benzene rings is 2. The minimum absolute atomic E-state index is 0.228. The Morgan fingerprint density at radius 1 is 0.963 bits per heavy atom. The highest BCUT2D eigenvalue weighted by atomic mass is 19.4. The minimum atomic E-state index is -4.39. The highest BCUT2D eigenvalue weighted by Gasteiger charge is 2.29. The van der Waals surface area contributed by atoms with E-state index >= 15 is 0 Å². The number of nitrogens with zero attached hydrogens (tertiary/aromatic N) is 3. The van der Waals surface area contributed by atoms with Gasteiger partial charge >= 0.3 is 6.18 Å². The predicted molar refractivity (Wildman–Crippen MR) is 95.9 cm³/mol. The second-order valence-electron chi connectivity index (χ2n) is 5.70. The third-order valence-corrected chi connectivity index (χ3v) is 3.63. The summed E-state index contributed by atoms with van der Waals surface area (Å²) in [6.07, 6.45) is -4.39. The lowest BCUT2D eigenvalue weighted by Crippen LogP contribution is -2.05. The topological polar surface area (TPSA) is 73.6 Å². The molecule has 2 N–H and O–H groups in total. The van der Waals surface area contributed by atoms with Gasteiger partial charge in [-0.25, -0.2) is 4.98 Å². The molecular formula is C19H14F3N5. The van der Waals surface area contributed by atoms with Crippen molar-refractivity contribution < 1.29 is 13.2 Å². The number of para-hydroxylation sites is 1. The Bertz CT molecular complexity index is 991. The molecule has 0 fully saturated rings. The van der Waals surface area contributed by atoms with Gasteiger partial charge in [-0.3, -0.25) is 0 Å². The maximum atomic E-state index is 12.6. The van der Waals surface area contributed by atoms with Gasteiger partial charge in [0.25, 0.3) is 0 Å². The highest BCUT2D eigenvalue weighted by Crippen LogP contribution is 2.30. The quantitative estimate of drug-likeness (QED) is 0.664. The summed E-state index contributed by atoms with van der Waals surface area (Å²) in [4.78, 5) is 8.54. The number of hydrogen-bond donors (Lipinski definition) is 2. The predicted octanol–water partition coefficient (Wildman–Crippen LogP) is 5.16. The summed E-state index contributed by atoms with van der Waals surface area (Å²) < 4.78 is 37.9. The van der Waals surface area contributed by atoms with E-state index in [1.807, 2.05) is 0 Å². The number of rotatable bonds is 4. The van der Waals surface area contributed by atoms with Gasteiger partial charge in [0.05, 0.1) is 16.8 Å². The third-order valence-electron chi connectivity index (χ3n) is 3.63. The molecule has 5 nitrogen and oxygen atoms in total. The van der Waals surface area contributed by atoms with E-state index in [1.165, 1.54) is 12.1 Å². The average molecular weight is 369 g/mol. The molecule has 0 saturated carbocycles. The Morgan fingerprint density at radius 3 is 2.33 bits per heavy atom. The number of nitrogens with one attached hydrogen (secondary N) is 2. The van der Waals surface area contributed by atoms with Crippen LogP contribution in [0.15, 0.2) is 54.6 Å². The zero-order chi connectivity index (χ0) is 19.4. The largest absolute Gasteiger partial charge is 0.416 e. The van der Waals surface area contributed by atoms with Crippen LogP contribution in [0.1, 0.15) is 16.8 Å². The molecule has 0 atom stereocenters. The number of anilines is 4. The molecule has 0 saturated heterocycles. The molecule has 0 bridgehead atoms. The highest BCUT2D eigenvalue weighted by molar-refractivity contribution is 5.65. The molecule has 0 spiro atoms. The number of aryl methyl sites for hydroxylation is 1. The SMILES string of the molecule is Cc1cc(Nc2ccccc2C#N)nc(Nc2ccc(C(F)(F)F)cc2)n1. The Morgan fingerprint density at radius 2 is 1.67 bits per heavy atom. The van der Waals surface area contributed by atoms with E-state index in [0.29, 0.717) is 28.5 Å². The monoisotopic (exact) mass is 369 g/mol. The van der Waals surface area contributed by atoms with Gasteiger partial charge in [0.15, 0.2) is 0 Å². The normalized spacial score (nSPS) is 10.9. The first-order valence-electron chi connectivity index (χ1n) is 7.91. The molecule has 0 aliphatic carbocycles. The summed E-state index contributed by atoms with van der Waals surface area (Å²) in [6, 6.07) is 15.4. The first kappa shape index (κ1) is 18.2. The van der Waals surface area contributed by atoms with E-state index in [1.54, 1.807) is 37.3 Å². The lowest BCUT2D eigenvalue weighted by Gasteiger charge is -2.11. The van der Waals surface area contributed by atoms with Gasteiger partial charge < -0.3 is 10.6 Å². The second-order valence-corrected chi connectivity index (χ2v) is 5.70. The smallest absolute Gasteiger partial charge is 0.339 e. The van der Waals surface area contributed by atoms with Crippen LogP contribution in [0.2, 0.25) is 0 Å². The summed E-state index contributed by atoms with van der Waals surface area (Å²) in [7, 11) is 0. The van der Waals surface area contributed by atoms with Crippen molar-refractivity contribution >= 4 is 23.1 Å². The van der Waals surface area contributed by atoms with Crippen LogP contribution >= 0.6 is 0 Å². The number of alkyl halides is 3. The number of aromatic nitrogens is 2. The molecular weight excluding hydrogens is 355 g/mol. The maximum Gasteiger partial charge on any atom is 0.416 e. The summed E-state index contributed by atoms with van der Waals surface area (Å²) >= 11 is 0. The Balaban J connectivity index is 1.82. The Kier molecular flexibility index (Phi) is 4.94. The van der Waals surface area contributed by atoms with Gasteiger partial charge in [0, 0.05) is 17.4 Å². The average Bonchev–Trinajstić information content (AvgIpc) is 2.61. The zero-order valence-corrected chi connectivity index (χ0v) is 14.2. The lowest BCUT2D eigenvalue weighted by molar-refractivity contribution is -0.137. The molecule has 27 heavy (non-hydrogen) atoms. The summed E-state index contributed by atoms with van der Waals surface area (Å²) in [6.45, 7) is 1.76. The molecule has 3 rings (SSSR count). The molecule has 1 heterocycles. The molecule has 8 heteroatoms. The van der Waals surface area contributed by atoms with Crippen LogP contribution in [0.5, 0.6) is 0 Å². The van der Waals surface area contributed by atoms with Crippen molar-refractivity contribution in [3.63, 3.8) is 0 Å². The molecule has 1 aromatic heterocycles. The fourth-order valence-electron chi connectivity index (χ4n) is 2.39. The van der Waals surface area contributed by atoms with Crippen LogP contribution in [0.3, 0.4) is 0 Å². The standard InChI is InChI=1S/C19H14F3N5/c1-12-10-17(26-16-5-3-2-4-13(16)11-23)27-18(24-12)25-15-8-6-14(7-9-15)19(20,21)22/h2-10H,1H3,(H2,24,25,26,27). The van der Waals surface area contributed by atoms with Crippen LogP contribution in [-0.4, -0.2) is 9.97 Å². The molecule has 0 radical (unpaired) electrons. The molecule has 136 valence electrons. The number of halogens is 3. The lowest BCUT2D eigenvalue weighted by atomic mass is 10.2. The summed E-state index contributed by atoms with van der Waals surface area (Å²) in [5.41, 5.74) is 1.41. The van der Waals surface area contributed by atoms with Crippen molar-refractivity contribution in [3.05, 3.63) is 71.4 Å². The fraction of sp³-hybridized carbons (Fsp3) is 0.105. The van der Waals surface area contributed by atoms with Crippen molar-refractivity contribution in [2.24, 2.45) is 0 Å². The van der Waals surface area contributed by atoms with E-state index in [0.717, 1.165) is 12.1 Å². The molecule has 3 aromatic rings. The van der Waals surface area contributed by atoms with Crippen LogP contribution in [0, 0.1) is 18.3 Å². The van der Waals surface area contributed by atoms with Gasteiger partial charge in [-0.1, -0.05) is 12.1 Å². The van der Waals surface area contributed by atoms with Gasteiger partial charge in [-0.2, -0.15) is 23.4 Å². The maximum absolute atomic E-state index is 12.6. The third kappa shape index (κ3) is 4.52. The van der Waals surface area contributed by atoms with E-state index in [-0.39, 0.29) is 5.95 Å². The van der Waals surface area contributed by atoms with Crippen molar-refractivity contribution in [1.82, 2.24) is 9.97 Å². The van der Waals surface area contributed by atoms with E-state index in [4.69, 9.17) is 5.26 Å². The molecule has 0 aliphatic rings. The number of nitriles is 1. The van der Waals surface area contributed by atoms with Crippen molar-refractivity contribution in [2.75, 3.05) is 10.6 Å². The summed E-state index contributed by atoms with van der Waals surface area (Å²) in [5, 5.41) is 15.1. The summed E-state index contributed by atoms with van der Waals surface area (Å²) in [5.74, 6) is 0.686. The first-order chi connectivity index (χ1) is 12.8. The van der Waals surface area contributed by atoms with Gasteiger partial charge in [0.1, 0.15) is 11.9 Å². The fourth-order valence-corrected chi connectivity index (χ4v) is 2.39. The Hall–Kier alpha value is -3.60. The van der Waals surface area contributed by atoms with Crippen LogP contribution in [-0.2, 0) is 6.18 Å². The first-order valence-corrected chi connectivity index (χ1v) is 7.91. The van der Waals surface area contributed by atoms with E-state index < -0.39 is 11.7 Å². The molecule has 0 aliphatic heterocycles.